The van der Waals surface area contributed by atoms with E-state index in [0.29, 0.717) is 13.0 Å². The van der Waals surface area contributed by atoms with Crippen LogP contribution in [-0.4, -0.2) is 37.0 Å². The Morgan fingerprint density at radius 1 is 0.490 bits per heavy atom. The summed E-state index contributed by atoms with van der Waals surface area (Å²) in [6, 6.07) is 0. The van der Waals surface area contributed by atoms with Crippen LogP contribution in [0, 0.1) is 0 Å². The van der Waals surface area contributed by atoms with Gasteiger partial charge in [0.25, 0.3) is 0 Å². The predicted molar refractivity (Wildman–Crippen MR) is 223 cm³/mol. The van der Waals surface area contributed by atoms with Gasteiger partial charge in [-0.15, -0.1) is 0 Å². The highest BCUT2D eigenvalue weighted by atomic mass is 16.6. The third-order valence-corrected chi connectivity index (χ3v) is 9.02. The third-order valence-electron chi connectivity index (χ3n) is 9.02. The number of carbonyl (C=O) groups is 1. The topological polar surface area (TPSA) is 55.8 Å². The third kappa shape index (κ3) is 42.1. The van der Waals surface area contributed by atoms with Gasteiger partial charge < -0.3 is 14.6 Å². The number of allylic oxidation sites excluding steroid dienone is 12. The highest BCUT2D eigenvalue weighted by Crippen LogP contribution is 2.13. The van der Waals surface area contributed by atoms with Crippen molar-refractivity contribution in [1.29, 1.82) is 0 Å². The first-order valence-electron chi connectivity index (χ1n) is 21.5. The Balaban J connectivity index is 3.49. The van der Waals surface area contributed by atoms with Crippen LogP contribution < -0.4 is 0 Å². The van der Waals surface area contributed by atoms with Crippen molar-refractivity contribution < 1.29 is 19.4 Å². The van der Waals surface area contributed by atoms with Crippen molar-refractivity contribution in [3.63, 3.8) is 0 Å². The largest absolute Gasteiger partial charge is 0.457 e. The van der Waals surface area contributed by atoms with E-state index in [1.165, 1.54) is 116 Å². The molecule has 0 spiro atoms. The van der Waals surface area contributed by atoms with Gasteiger partial charge in [0.05, 0.1) is 13.2 Å². The Bertz CT molecular complexity index is 881. The van der Waals surface area contributed by atoms with Crippen molar-refractivity contribution in [2.24, 2.45) is 0 Å². The molecule has 0 aromatic rings. The van der Waals surface area contributed by atoms with Gasteiger partial charge in [-0.05, 0) is 83.5 Å². The molecule has 0 aliphatic rings. The van der Waals surface area contributed by atoms with E-state index in [2.05, 4.69) is 86.8 Å². The Labute approximate surface area is 317 Å². The summed E-state index contributed by atoms with van der Waals surface area (Å²) >= 11 is 0. The standard InChI is InChI=1S/C47H82O4/c1-3-5-7-9-11-13-15-17-19-21-22-23-24-25-26-27-28-30-32-34-36-38-40-42-47(49)51-46(44-48)45-50-43-41-39-37-35-33-31-29-20-18-16-14-12-10-8-6-4-2/h6,8,12,14-15,17-18,20-22,24-25,46,48H,3-5,7,9-11,13,16,19,23,26-45H2,1-2H3/b8-6-,14-12-,17-15-,20-18-,22-21-,25-24-. The quantitative estimate of drug-likeness (QED) is 0.0392. The molecule has 0 rings (SSSR count). The van der Waals surface area contributed by atoms with Crippen LogP contribution in [0.5, 0.6) is 0 Å². The summed E-state index contributed by atoms with van der Waals surface area (Å²) in [5.41, 5.74) is 0. The molecule has 0 heterocycles. The Morgan fingerprint density at radius 3 is 1.33 bits per heavy atom. The number of unbranched alkanes of at least 4 members (excludes halogenated alkanes) is 19. The van der Waals surface area contributed by atoms with Gasteiger partial charge in [-0.1, -0.05) is 177 Å². The van der Waals surface area contributed by atoms with E-state index < -0.39 is 6.10 Å². The van der Waals surface area contributed by atoms with E-state index in [1.54, 1.807) is 0 Å². The average molecular weight is 711 g/mol. The second kappa shape index (κ2) is 44.0. The Hall–Kier alpha value is -2.17. The van der Waals surface area contributed by atoms with Gasteiger partial charge >= 0.3 is 5.97 Å². The van der Waals surface area contributed by atoms with Crippen LogP contribution >= 0.6 is 0 Å². The lowest BCUT2D eigenvalue weighted by Crippen LogP contribution is -2.27. The van der Waals surface area contributed by atoms with Crippen LogP contribution in [0.3, 0.4) is 0 Å². The Kier molecular flexibility index (Phi) is 42.1. The minimum absolute atomic E-state index is 0.184. The SMILES string of the molecule is CC/C=C\C/C=C\C/C=C\CCCCCCCCOCC(CO)OC(=O)CCCCCCCCCC/C=C\C/C=C\C/C=C\CCCCCCC. The van der Waals surface area contributed by atoms with Crippen LogP contribution in [0.2, 0.25) is 0 Å². The van der Waals surface area contributed by atoms with Crippen molar-refractivity contribution in [3.05, 3.63) is 72.9 Å². The lowest BCUT2D eigenvalue weighted by atomic mass is 10.1. The molecule has 0 fully saturated rings. The second-order valence-electron chi connectivity index (χ2n) is 14.0. The number of aliphatic hydroxyl groups is 1. The van der Waals surface area contributed by atoms with Gasteiger partial charge in [0, 0.05) is 13.0 Å². The molecular formula is C47H82O4. The minimum Gasteiger partial charge on any atom is -0.457 e. The van der Waals surface area contributed by atoms with Crippen LogP contribution in [0.4, 0.5) is 0 Å². The summed E-state index contributed by atoms with van der Waals surface area (Å²) in [5.74, 6) is -0.215. The van der Waals surface area contributed by atoms with Crippen molar-refractivity contribution in [2.45, 2.75) is 200 Å². The zero-order valence-corrected chi connectivity index (χ0v) is 33.6. The van der Waals surface area contributed by atoms with Crippen molar-refractivity contribution >= 4 is 5.97 Å². The monoisotopic (exact) mass is 711 g/mol. The molecule has 51 heavy (non-hydrogen) atoms. The van der Waals surface area contributed by atoms with Gasteiger partial charge in [-0.25, -0.2) is 0 Å². The van der Waals surface area contributed by atoms with E-state index in [0.717, 1.165) is 57.8 Å². The zero-order valence-electron chi connectivity index (χ0n) is 33.6. The minimum atomic E-state index is -0.549. The molecule has 0 amide bonds. The van der Waals surface area contributed by atoms with Crippen LogP contribution in [0.15, 0.2) is 72.9 Å². The highest BCUT2D eigenvalue weighted by Gasteiger charge is 2.13. The molecule has 0 aromatic carbocycles. The predicted octanol–water partition coefficient (Wildman–Crippen LogP) is 14.2. The van der Waals surface area contributed by atoms with Gasteiger partial charge in [0.15, 0.2) is 0 Å². The number of rotatable bonds is 39. The number of carbonyl (C=O) groups excluding carboxylic acids is 1. The number of hydrogen-bond donors (Lipinski definition) is 1. The smallest absolute Gasteiger partial charge is 0.306 e. The van der Waals surface area contributed by atoms with E-state index >= 15 is 0 Å². The van der Waals surface area contributed by atoms with Crippen LogP contribution in [-0.2, 0) is 14.3 Å². The van der Waals surface area contributed by atoms with Crippen LogP contribution in [0.1, 0.15) is 194 Å². The fraction of sp³-hybridized carbons (Fsp3) is 0.723. The molecule has 4 heteroatoms. The van der Waals surface area contributed by atoms with E-state index in [-0.39, 0.29) is 19.2 Å². The fourth-order valence-corrected chi connectivity index (χ4v) is 5.82. The first kappa shape index (κ1) is 48.8. The number of esters is 1. The molecule has 0 aliphatic carbocycles. The van der Waals surface area contributed by atoms with Gasteiger partial charge in [-0.2, -0.15) is 0 Å². The maximum absolute atomic E-state index is 12.2. The molecule has 0 saturated carbocycles. The van der Waals surface area contributed by atoms with E-state index in [4.69, 9.17) is 9.47 Å². The molecule has 294 valence electrons. The van der Waals surface area contributed by atoms with Gasteiger partial charge in [0.2, 0.25) is 0 Å². The molecule has 0 radical (unpaired) electrons. The molecule has 1 atom stereocenters. The zero-order chi connectivity index (χ0) is 37.0. The summed E-state index contributed by atoms with van der Waals surface area (Å²) < 4.78 is 11.1. The number of ether oxygens (including phenoxy) is 2. The van der Waals surface area contributed by atoms with E-state index in [9.17, 15) is 9.90 Å². The molecule has 0 aliphatic heterocycles. The fourth-order valence-electron chi connectivity index (χ4n) is 5.82. The summed E-state index contributed by atoms with van der Waals surface area (Å²) in [7, 11) is 0. The molecule has 0 bridgehead atoms. The molecular weight excluding hydrogens is 629 g/mol. The number of aliphatic hydroxyl groups excluding tert-OH is 1. The summed E-state index contributed by atoms with van der Waals surface area (Å²) in [4.78, 5) is 12.2. The Morgan fingerprint density at radius 2 is 0.882 bits per heavy atom. The van der Waals surface area contributed by atoms with Crippen molar-refractivity contribution in [1.82, 2.24) is 0 Å². The lowest BCUT2D eigenvalue weighted by molar-refractivity contribution is -0.154. The molecule has 1 N–H and O–H groups in total. The normalized spacial score (nSPS) is 13.1. The molecule has 0 saturated heterocycles. The first-order chi connectivity index (χ1) is 25.2. The first-order valence-corrected chi connectivity index (χ1v) is 21.5. The summed E-state index contributed by atoms with van der Waals surface area (Å²) in [5, 5.41) is 9.60. The van der Waals surface area contributed by atoms with Gasteiger partial charge in [0.1, 0.15) is 6.10 Å². The maximum Gasteiger partial charge on any atom is 0.306 e. The van der Waals surface area contributed by atoms with Crippen molar-refractivity contribution in [2.75, 3.05) is 19.8 Å². The highest BCUT2D eigenvalue weighted by molar-refractivity contribution is 5.69. The molecule has 4 nitrogen and oxygen atoms in total. The summed E-state index contributed by atoms with van der Waals surface area (Å²) in [6.07, 6.45) is 59.6. The lowest BCUT2D eigenvalue weighted by Gasteiger charge is -2.15. The summed E-state index contributed by atoms with van der Waals surface area (Å²) in [6.45, 7) is 5.19. The second-order valence-corrected chi connectivity index (χ2v) is 14.0. The van der Waals surface area contributed by atoms with Crippen LogP contribution in [0.25, 0.3) is 0 Å². The average Bonchev–Trinajstić information content (AvgIpc) is 3.14. The number of hydrogen-bond acceptors (Lipinski definition) is 4. The maximum atomic E-state index is 12.2. The molecule has 0 aromatic heterocycles. The van der Waals surface area contributed by atoms with E-state index in [1.807, 2.05) is 0 Å². The van der Waals surface area contributed by atoms with Crippen molar-refractivity contribution in [3.8, 4) is 0 Å². The van der Waals surface area contributed by atoms with Gasteiger partial charge in [-0.3, -0.25) is 4.79 Å². The molecule has 1 unspecified atom stereocenters.